The molecule has 0 aromatic rings. The second kappa shape index (κ2) is 8.39. The lowest BCUT2D eigenvalue weighted by molar-refractivity contribution is -0.145. The topological polar surface area (TPSA) is 116 Å². The number of urea groups is 1. The third-order valence-corrected chi connectivity index (χ3v) is 3.53. The highest BCUT2D eigenvalue weighted by molar-refractivity contribution is 5.86. The number of rotatable bonds is 8. The van der Waals surface area contributed by atoms with E-state index in [1.54, 1.807) is 0 Å². The minimum atomic E-state index is -1.40. The summed E-state index contributed by atoms with van der Waals surface area (Å²) in [5.41, 5.74) is 0. The smallest absolute Gasteiger partial charge is 0.326 e. The molecule has 0 bridgehead atoms. The normalized spacial score (nSPS) is 16.6. The molecule has 0 radical (unpaired) electrons. The molecule has 4 N–H and O–H groups in total. The molecule has 0 aromatic carbocycles. The molecule has 1 atom stereocenters. The summed E-state index contributed by atoms with van der Waals surface area (Å²) in [6, 6.07) is -2.03. The van der Waals surface area contributed by atoms with Gasteiger partial charge in [0, 0.05) is 6.54 Å². The molecule has 7 heteroatoms. The van der Waals surface area contributed by atoms with Gasteiger partial charge in [-0.05, 0) is 18.8 Å². The van der Waals surface area contributed by atoms with Crippen LogP contribution in [-0.2, 0) is 9.59 Å². The van der Waals surface area contributed by atoms with Gasteiger partial charge in [0.1, 0.15) is 6.04 Å². The van der Waals surface area contributed by atoms with Gasteiger partial charge in [0.15, 0.2) is 0 Å². The van der Waals surface area contributed by atoms with Crippen molar-refractivity contribution in [3.63, 3.8) is 0 Å². The number of hydrogen-bond donors (Lipinski definition) is 4. The van der Waals surface area contributed by atoms with Gasteiger partial charge in [-0.1, -0.05) is 25.7 Å². The van der Waals surface area contributed by atoms with E-state index in [0.717, 1.165) is 18.8 Å². The molecular weight excluding hydrogens is 264 g/mol. The van der Waals surface area contributed by atoms with Crippen LogP contribution in [0, 0.1) is 5.92 Å². The first-order valence-corrected chi connectivity index (χ1v) is 6.98. The Hall–Kier alpha value is -1.79. The molecule has 2 amide bonds. The van der Waals surface area contributed by atoms with Crippen LogP contribution >= 0.6 is 0 Å². The highest BCUT2D eigenvalue weighted by Crippen LogP contribution is 2.28. The predicted octanol–water partition coefficient (Wildman–Crippen LogP) is 1.18. The second-order valence-corrected chi connectivity index (χ2v) is 5.18. The van der Waals surface area contributed by atoms with Crippen molar-refractivity contribution in [2.24, 2.45) is 5.92 Å². The third kappa shape index (κ3) is 6.40. The van der Waals surface area contributed by atoms with E-state index in [1.165, 1.54) is 25.7 Å². The van der Waals surface area contributed by atoms with Crippen LogP contribution in [0.1, 0.15) is 44.9 Å². The lowest BCUT2D eigenvalue weighted by Gasteiger charge is -2.14. The maximum absolute atomic E-state index is 11.5. The number of carboxylic acid groups (broad SMARTS) is 2. The first-order chi connectivity index (χ1) is 9.49. The van der Waals surface area contributed by atoms with Crippen LogP contribution in [0.2, 0.25) is 0 Å². The van der Waals surface area contributed by atoms with E-state index in [-0.39, 0.29) is 0 Å². The zero-order chi connectivity index (χ0) is 15.0. The van der Waals surface area contributed by atoms with Crippen LogP contribution in [0.4, 0.5) is 4.79 Å². The monoisotopic (exact) mass is 286 g/mol. The molecule has 20 heavy (non-hydrogen) atoms. The van der Waals surface area contributed by atoms with E-state index in [4.69, 9.17) is 10.2 Å². The van der Waals surface area contributed by atoms with Crippen LogP contribution in [0.3, 0.4) is 0 Å². The standard InChI is InChI=1S/C13H22N2O5/c16-11(17)8-10(12(18)19)15-13(20)14-7-3-6-9-4-1-2-5-9/h9-10H,1-8H2,(H,16,17)(H,18,19)(H2,14,15,20)/t10-/m0/s1. The van der Waals surface area contributed by atoms with Crippen LogP contribution in [0.15, 0.2) is 0 Å². The molecule has 7 nitrogen and oxygen atoms in total. The van der Waals surface area contributed by atoms with E-state index in [2.05, 4.69) is 10.6 Å². The molecule has 0 aliphatic heterocycles. The quantitative estimate of drug-likeness (QED) is 0.500. The Bertz CT molecular complexity index is 353. The van der Waals surface area contributed by atoms with Crippen molar-refractivity contribution in [1.82, 2.24) is 10.6 Å². The number of carbonyl (C=O) groups excluding carboxylic acids is 1. The van der Waals surface area contributed by atoms with Crippen molar-refractivity contribution >= 4 is 18.0 Å². The maximum atomic E-state index is 11.5. The van der Waals surface area contributed by atoms with Crippen LogP contribution in [0.25, 0.3) is 0 Å². The lowest BCUT2D eigenvalue weighted by atomic mass is 10.0. The van der Waals surface area contributed by atoms with Gasteiger partial charge in [0.2, 0.25) is 0 Å². The van der Waals surface area contributed by atoms with Gasteiger partial charge in [0.25, 0.3) is 0 Å². The summed E-state index contributed by atoms with van der Waals surface area (Å²) in [7, 11) is 0. The molecule has 114 valence electrons. The largest absolute Gasteiger partial charge is 0.481 e. The molecule has 1 rings (SSSR count). The molecule has 0 spiro atoms. The summed E-state index contributed by atoms with van der Waals surface area (Å²) in [6.45, 7) is 0.474. The Morgan fingerprint density at radius 2 is 1.80 bits per heavy atom. The van der Waals surface area contributed by atoms with Crippen LogP contribution in [0.5, 0.6) is 0 Å². The number of amides is 2. The molecule has 0 aromatic heterocycles. The zero-order valence-corrected chi connectivity index (χ0v) is 11.4. The summed E-state index contributed by atoms with van der Waals surface area (Å²) >= 11 is 0. The third-order valence-electron chi connectivity index (χ3n) is 3.53. The number of carbonyl (C=O) groups is 3. The van der Waals surface area contributed by atoms with Crippen molar-refractivity contribution in [3.05, 3.63) is 0 Å². The molecule has 1 aliphatic rings. The van der Waals surface area contributed by atoms with E-state index in [1.807, 2.05) is 0 Å². The van der Waals surface area contributed by atoms with Gasteiger partial charge in [-0.3, -0.25) is 4.79 Å². The van der Waals surface area contributed by atoms with Gasteiger partial charge in [0.05, 0.1) is 6.42 Å². The predicted molar refractivity (Wildman–Crippen MR) is 71.4 cm³/mol. The summed E-state index contributed by atoms with van der Waals surface area (Å²) < 4.78 is 0. The van der Waals surface area contributed by atoms with Gasteiger partial charge in [-0.15, -0.1) is 0 Å². The Kier molecular flexibility index (Phi) is 6.83. The minimum Gasteiger partial charge on any atom is -0.481 e. The molecule has 0 saturated heterocycles. The average Bonchev–Trinajstić information content (AvgIpc) is 2.86. The molecular formula is C13H22N2O5. The average molecular weight is 286 g/mol. The minimum absolute atomic E-state index is 0.474. The Labute approximate surface area is 117 Å². The van der Waals surface area contributed by atoms with E-state index in [9.17, 15) is 14.4 Å². The van der Waals surface area contributed by atoms with Gasteiger partial charge in [-0.25, -0.2) is 9.59 Å². The molecule has 1 saturated carbocycles. The number of carboxylic acids is 2. The lowest BCUT2D eigenvalue weighted by Crippen LogP contribution is -2.47. The van der Waals surface area contributed by atoms with E-state index in [0.29, 0.717) is 6.54 Å². The van der Waals surface area contributed by atoms with Crippen molar-refractivity contribution in [2.45, 2.75) is 51.0 Å². The number of aliphatic carboxylic acids is 2. The SMILES string of the molecule is O=C(O)C[C@H](NC(=O)NCCCC1CCCC1)C(=O)O. The number of nitrogens with one attached hydrogen (secondary N) is 2. The van der Waals surface area contributed by atoms with E-state index >= 15 is 0 Å². The Morgan fingerprint density at radius 3 is 2.35 bits per heavy atom. The Balaban J connectivity index is 2.17. The van der Waals surface area contributed by atoms with Crippen molar-refractivity contribution < 1.29 is 24.6 Å². The summed E-state index contributed by atoms with van der Waals surface area (Å²) in [6.07, 6.45) is 6.37. The molecule has 0 unspecified atom stereocenters. The fourth-order valence-electron chi connectivity index (χ4n) is 2.48. The zero-order valence-electron chi connectivity index (χ0n) is 11.4. The van der Waals surface area contributed by atoms with Gasteiger partial charge >= 0.3 is 18.0 Å². The Morgan fingerprint density at radius 1 is 1.15 bits per heavy atom. The molecule has 0 heterocycles. The molecule has 1 aliphatic carbocycles. The van der Waals surface area contributed by atoms with Gasteiger partial charge in [-0.2, -0.15) is 0 Å². The first kappa shape index (κ1) is 16.3. The van der Waals surface area contributed by atoms with Crippen molar-refractivity contribution in [3.8, 4) is 0 Å². The highest BCUT2D eigenvalue weighted by atomic mass is 16.4. The number of hydrogen-bond acceptors (Lipinski definition) is 3. The fourth-order valence-corrected chi connectivity index (χ4v) is 2.48. The van der Waals surface area contributed by atoms with Crippen LogP contribution < -0.4 is 10.6 Å². The first-order valence-electron chi connectivity index (χ1n) is 6.98. The summed E-state index contributed by atoms with van der Waals surface area (Å²) in [4.78, 5) is 32.7. The van der Waals surface area contributed by atoms with E-state index < -0.39 is 30.4 Å². The van der Waals surface area contributed by atoms with Crippen molar-refractivity contribution in [2.75, 3.05) is 6.54 Å². The summed E-state index contributed by atoms with van der Waals surface area (Å²) in [5.74, 6) is -1.87. The maximum Gasteiger partial charge on any atom is 0.326 e. The second-order valence-electron chi connectivity index (χ2n) is 5.18. The fraction of sp³-hybridized carbons (Fsp3) is 0.769. The summed E-state index contributed by atoms with van der Waals surface area (Å²) in [5, 5.41) is 22.0. The van der Waals surface area contributed by atoms with Crippen LogP contribution in [-0.4, -0.2) is 40.8 Å². The highest BCUT2D eigenvalue weighted by Gasteiger charge is 2.22. The van der Waals surface area contributed by atoms with Crippen molar-refractivity contribution in [1.29, 1.82) is 0 Å². The molecule has 1 fully saturated rings. The van der Waals surface area contributed by atoms with Gasteiger partial charge < -0.3 is 20.8 Å².